The van der Waals surface area contributed by atoms with Crippen LogP contribution in [0.2, 0.25) is 0 Å². The maximum Gasteiger partial charge on any atom is 0.180 e. The fourth-order valence-electron chi connectivity index (χ4n) is 1.32. The summed E-state index contributed by atoms with van der Waals surface area (Å²) in [7, 11) is 0. The van der Waals surface area contributed by atoms with Crippen LogP contribution in [0.25, 0.3) is 0 Å². The van der Waals surface area contributed by atoms with Gasteiger partial charge in [-0.05, 0) is 30.3 Å². The van der Waals surface area contributed by atoms with E-state index >= 15 is 0 Å². The molecule has 0 aliphatic carbocycles. The van der Waals surface area contributed by atoms with E-state index in [1.807, 2.05) is 42.0 Å². The van der Waals surface area contributed by atoms with Gasteiger partial charge >= 0.3 is 0 Å². The number of thiazole rings is 1. The molecule has 0 aromatic carbocycles. The van der Waals surface area contributed by atoms with Gasteiger partial charge in [-0.15, -0.1) is 11.3 Å². The van der Waals surface area contributed by atoms with Crippen LogP contribution in [0, 0.1) is 0 Å². The SMILES string of the molecule is c1c[nH]cn1.c1cc[nH]c1.c1ccoc1.c1cncnc1.c1cocn1.c1cscn1. The summed E-state index contributed by atoms with van der Waals surface area (Å²) in [5, 5.41) is 1.93. The standard InChI is InChI=1S/C4H4N2.C4H5N.C4H4O.C3H4N2.C3H3NO.C3H3NS/c1-2-5-4-6-3-1;2*1-2-4-5-3-1;3*1-2-5-3-4-1/h1-4H;1-5H;1-4H;1-3H,(H,4,5);2*1-3H. The molecule has 0 radical (unpaired) electrons. The van der Waals surface area contributed by atoms with Gasteiger partial charge in [0, 0.05) is 48.8 Å². The Morgan fingerprint density at radius 2 is 1.39 bits per heavy atom. The van der Waals surface area contributed by atoms with Crippen molar-refractivity contribution in [2.24, 2.45) is 0 Å². The van der Waals surface area contributed by atoms with E-state index in [4.69, 9.17) is 0 Å². The van der Waals surface area contributed by atoms with E-state index in [2.05, 4.69) is 43.7 Å². The van der Waals surface area contributed by atoms with Gasteiger partial charge in [0.05, 0.1) is 30.6 Å². The van der Waals surface area contributed by atoms with Crippen LogP contribution in [0.15, 0.2) is 137 Å². The lowest BCUT2D eigenvalue weighted by atomic mass is 10.7. The van der Waals surface area contributed by atoms with E-state index in [0.717, 1.165) is 0 Å². The molecule has 0 atom stereocenters. The molecule has 6 aromatic heterocycles. The number of aromatic amines is 2. The highest BCUT2D eigenvalue weighted by atomic mass is 32.1. The minimum atomic E-state index is 1.38. The molecule has 0 spiro atoms. The molecule has 0 aliphatic heterocycles. The number of hydrogen-bond donors (Lipinski definition) is 2. The Kier molecular flexibility index (Phi) is 17.5. The van der Waals surface area contributed by atoms with Crippen molar-refractivity contribution in [3.05, 3.63) is 129 Å². The number of hydrogen-bond acceptors (Lipinski definition) is 8. The molecule has 0 saturated carbocycles. The molecule has 6 aromatic rings. The predicted octanol–water partition coefficient (Wildman–Crippen LogP) is 5.00. The zero-order valence-corrected chi connectivity index (χ0v) is 17.4. The summed E-state index contributed by atoms with van der Waals surface area (Å²) in [6, 6.07) is 9.33. The molecule has 6 heterocycles. The van der Waals surface area contributed by atoms with Crippen molar-refractivity contribution in [2.45, 2.75) is 0 Å². The molecule has 2 N–H and O–H groups in total. The first-order chi connectivity index (χ1) is 15.5. The van der Waals surface area contributed by atoms with Crippen LogP contribution in [-0.2, 0) is 0 Å². The summed E-state index contributed by atoms with van der Waals surface area (Å²) >= 11 is 1.60. The molecule has 0 saturated heterocycles. The fraction of sp³-hybridized carbons (Fsp3) is 0. The average molecular weight is 438 g/mol. The van der Waals surface area contributed by atoms with Crippen LogP contribution in [0.4, 0.5) is 0 Å². The number of H-pyrrole nitrogens is 2. The zero-order valence-electron chi connectivity index (χ0n) is 16.6. The van der Waals surface area contributed by atoms with Gasteiger partial charge in [-0.25, -0.2) is 19.9 Å². The molecule has 9 nitrogen and oxygen atoms in total. The molecule has 0 amide bonds. The van der Waals surface area contributed by atoms with Gasteiger partial charge in [-0.1, -0.05) is 0 Å². The first kappa shape index (κ1) is 24.7. The summed E-state index contributed by atoms with van der Waals surface area (Å²) in [4.78, 5) is 23.9. The normalized spacial score (nSPS) is 8.00. The molecule has 0 bridgehead atoms. The van der Waals surface area contributed by atoms with E-state index in [-0.39, 0.29) is 0 Å². The number of aromatic nitrogens is 7. The number of furan rings is 1. The highest BCUT2D eigenvalue weighted by molar-refractivity contribution is 7.07. The van der Waals surface area contributed by atoms with Crippen molar-refractivity contribution in [1.82, 2.24) is 34.9 Å². The van der Waals surface area contributed by atoms with Gasteiger partial charge in [0.25, 0.3) is 0 Å². The molecule has 0 aliphatic rings. The number of nitrogens with zero attached hydrogens (tertiary/aromatic N) is 5. The average Bonchev–Trinajstić information content (AvgIpc) is 3.69. The van der Waals surface area contributed by atoms with Crippen molar-refractivity contribution < 1.29 is 8.83 Å². The van der Waals surface area contributed by atoms with E-state index in [1.165, 1.54) is 19.0 Å². The van der Waals surface area contributed by atoms with Crippen LogP contribution in [-0.4, -0.2) is 34.9 Å². The van der Waals surface area contributed by atoms with Crippen LogP contribution in [0.1, 0.15) is 0 Å². The second-order valence-corrected chi connectivity index (χ2v) is 5.45. The topological polar surface area (TPSA) is 122 Å². The summed E-state index contributed by atoms with van der Waals surface area (Å²) in [6.07, 6.45) is 23.2. The largest absolute Gasteiger partial charge is 0.473 e. The minimum absolute atomic E-state index is 1.38. The number of rotatable bonds is 0. The van der Waals surface area contributed by atoms with Crippen molar-refractivity contribution in [3.8, 4) is 0 Å². The van der Waals surface area contributed by atoms with E-state index in [9.17, 15) is 0 Å². The van der Waals surface area contributed by atoms with Gasteiger partial charge in [-0.3, -0.25) is 4.98 Å². The second-order valence-electron chi connectivity index (χ2n) is 4.69. The minimum Gasteiger partial charge on any atom is -0.473 e. The smallest absolute Gasteiger partial charge is 0.180 e. The summed E-state index contributed by atoms with van der Waals surface area (Å²) in [5.41, 5.74) is 1.79. The zero-order chi connectivity index (χ0) is 21.9. The molecule has 31 heavy (non-hydrogen) atoms. The molecular weight excluding hydrogens is 414 g/mol. The maximum atomic E-state index is 4.58. The van der Waals surface area contributed by atoms with Crippen molar-refractivity contribution in [2.75, 3.05) is 0 Å². The fourth-order valence-corrected chi connectivity index (χ4v) is 1.68. The Balaban J connectivity index is 0.000000186. The lowest BCUT2D eigenvalue weighted by Gasteiger charge is -1.70. The summed E-state index contributed by atoms with van der Waals surface area (Å²) in [5.74, 6) is 0. The maximum absolute atomic E-state index is 4.58. The van der Waals surface area contributed by atoms with Crippen LogP contribution >= 0.6 is 11.3 Å². The van der Waals surface area contributed by atoms with Crippen LogP contribution < -0.4 is 0 Å². The Labute approximate surface area is 183 Å². The van der Waals surface area contributed by atoms with E-state index < -0.39 is 0 Å². The van der Waals surface area contributed by atoms with Crippen LogP contribution in [0.3, 0.4) is 0 Å². The van der Waals surface area contributed by atoms with Gasteiger partial charge in [0.15, 0.2) is 6.39 Å². The Morgan fingerprint density at radius 1 is 0.581 bits per heavy atom. The van der Waals surface area contributed by atoms with E-state index in [1.54, 1.807) is 78.9 Å². The Bertz CT molecular complexity index is 662. The number of nitrogens with one attached hydrogen (secondary N) is 2. The summed E-state index contributed by atoms with van der Waals surface area (Å²) < 4.78 is 9.06. The highest BCUT2D eigenvalue weighted by Gasteiger charge is 1.61. The van der Waals surface area contributed by atoms with Crippen molar-refractivity contribution in [3.63, 3.8) is 0 Å². The lowest BCUT2D eigenvalue weighted by molar-refractivity contribution is 0.558. The third-order valence-electron chi connectivity index (χ3n) is 2.50. The van der Waals surface area contributed by atoms with Crippen molar-refractivity contribution >= 4 is 11.3 Å². The lowest BCUT2D eigenvalue weighted by Crippen LogP contribution is -1.66. The monoisotopic (exact) mass is 437 g/mol. The van der Waals surface area contributed by atoms with Crippen LogP contribution in [0.5, 0.6) is 0 Å². The first-order valence-corrected chi connectivity index (χ1v) is 9.76. The van der Waals surface area contributed by atoms with Gasteiger partial charge in [0.2, 0.25) is 0 Å². The third-order valence-corrected chi connectivity index (χ3v) is 3.02. The third kappa shape index (κ3) is 20.2. The van der Waals surface area contributed by atoms with E-state index in [0.29, 0.717) is 0 Å². The Hall–Kier alpha value is -4.31. The quantitative estimate of drug-likeness (QED) is 0.343. The van der Waals surface area contributed by atoms with Gasteiger partial charge in [-0.2, -0.15) is 0 Å². The number of imidazole rings is 1. The van der Waals surface area contributed by atoms with Crippen molar-refractivity contribution in [1.29, 1.82) is 0 Å². The van der Waals surface area contributed by atoms with Gasteiger partial charge in [0.1, 0.15) is 12.6 Å². The highest BCUT2D eigenvalue weighted by Crippen LogP contribution is 1.86. The number of oxazole rings is 1. The molecule has 0 unspecified atom stereocenters. The second kappa shape index (κ2) is 22.0. The molecule has 6 rings (SSSR count). The predicted molar refractivity (Wildman–Crippen MR) is 119 cm³/mol. The Morgan fingerprint density at radius 3 is 1.58 bits per heavy atom. The molecule has 0 fully saturated rings. The first-order valence-electron chi connectivity index (χ1n) is 8.82. The molecule has 10 heteroatoms. The molecular formula is C21H23N7O2S. The summed E-state index contributed by atoms with van der Waals surface area (Å²) in [6.45, 7) is 0. The molecule has 160 valence electrons. The van der Waals surface area contributed by atoms with Gasteiger partial charge < -0.3 is 18.8 Å².